The van der Waals surface area contributed by atoms with Crippen molar-refractivity contribution in [3.63, 3.8) is 0 Å². The Hall–Kier alpha value is -2.25. The average Bonchev–Trinajstić information content (AvgIpc) is 3.31. The number of carbonyl (C=O) groups excluding carboxylic acids is 1. The number of amides is 1. The highest BCUT2D eigenvalue weighted by atomic mass is 16.5. The number of nitrogens with one attached hydrogen (secondary N) is 1. The highest BCUT2D eigenvalue weighted by molar-refractivity contribution is 5.93. The minimum Gasteiger partial charge on any atom is -0.372 e. The third kappa shape index (κ3) is 3.95. The molecule has 7 nitrogen and oxygen atoms in total. The van der Waals surface area contributed by atoms with Crippen molar-refractivity contribution in [1.29, 1.82) is 0 Å². The molecule has 0 radical (unpaired) electrons. The summed E-state index contributed by atoms with van der Waals surface area (Å²) >= 11 is 0. The van der Waals surface area contributed by atoms with Crippen LogP contribution in [0.2, 0.25) is 0 Å². The van der Waals surface area contributed by atoms with Gasteiger partial charge in [-0.15, -0.1) is 5.10 Å². The van der Waals surface area contributed by atoms with E-state index in [0.29, 0.717) is 17.5 Å². The Morgan fingerprint density at radius 2 is 2.00 bits per heavy atom. The van der Waals surface area contributed by atoms with E-state index in [4.69, 9.17) is 4.74 Å². The van der Waals surface area contributed by atoms with Gasteiger partial charge in [-0.25, -0.2) is 0 Å². The molecular weight excluding hydrogens is 354 g/mol. The van der Waals surface area contributed by atoms with E-state index in [0.717, 1.165) is 50.6 Å². The highest BCUT2D eigenvalue weighted by Gasteiger charge is 2.30. The molecule has 2 aliphatic heterocycles. The van der Waals surface area contributed by atoms with E-state index in [1.165, 1.54) is 23.3 Å². The number of aryl methyl sites for hydroxylation is 3. The highest BCUT2D eigenvalue weighted by Crippen LogP contribution is 2.16. The summed E-state index contributed by atoms with van der Waals surface area (Å²) in [4.78, 5) is 18.1. The largest absolute Gasteiger partial charge is 0.372 e. The zero-order valence-corrected chi connectivity index (χ0v) is 17.1. The first-order valence-corrected chi connectivity index (χ1v) is 10.3. The molecule has 0 bridgehead atoms. The zero-order valence-electron chi connectivity index (χ0n) is 17.1. The topological polar surface area (TPSA) is 64.7 Å². The van der Waals surface area contributed by atoms with Gasteiger partial charge in [0.25, 0.3) is 5.91 Å². The number of quaternary nitrogens is 1. The van der Waals surface area contributed by atoms with Gasteiger partial charge in [-0.1, -0.05) is 17.7 Å². The van der Waals surface area contributed by atoms with Crippen molar-refractivity contribution in [1.82, 2.24) is 19.9 Å². The summed E-state index contributed by atoms with van der Waals surface area (Å²) in [5.74, 6) is -0.00955. The standard InChI is InChI=1S/C21H29N5O2/c1-15-6-7-19(16(2)13-15)26-22-17(3)20(23-26)21(27)25-10-8-24(9-11-25)14-18-5-4-12-28-18/h6-7,13,18H,4-5,8-12,14H2,1-3H3/p+1/t18-/m0/s1. The second-order valence-electron chi connectivity index (χ2n) is 8.09. The molecule has 0 unspecified atom stereocenters. The van der Waals surface area contributed by atoms with Gasteiger partial charge in [0.2, 0.25) is 0 Å². The van der Waals surface area contributed by atoms with Gasteiger partial charge in [0.05, 0.1) is 37.6 Å². The molecule has 1 aromatic heterocycles. The van der Waals surface area contributed by atoms with E-state index < -0.39 is 0 Å². The smallest absolute Gasteiger partial charge is 0.276 e. The van der Waals surface area contributed by atoms with Gasteiger partial charge in [0, 0.05) is 6.61 Å². The van der Waals surface area contributed by atoms with Crippen LogP contribution in [-0.2, 0) is 4.74 Å². The lowest BCUT2D eigenvalue weighted by atomic mass is 10.1. The van der Waals surface area contributed by atoms with E-state index in [9.17, 15) is 4.79 Å². The molecule has 1 amide bonds. The van der Waals surface area contributed by atoms with E-state index in [1.807, 2.05) is 30.9 Å². The Kier molecular flexibility index (Phi) is 5.46. The molecule has 0 spiro atoms. The van der Waals surface area contributed by atoms with Crippen LogP contribution in [0.25, 0.3) is 5.69 Å². The Bertz CT molecular complexity index is 848. The minimum atomic E-state index is -0.00955. The first-order valence-electron chi connectivity index (χ1n) is 10.3. The van der Waals surface area contributed by atoms with E-state index in [-0.39, 0.29) is 5.91 Å². The summed E-state index contributed by atoms with van der Waals surface area (Å²) < 4.78 is 5.75. The van der Waals surface area contributed by atoms with Gasteiger partial charge < -0.3 is 14.5 Å². The van der Waals surface area contributed by atoms with E-state index in [2.05, 4.69) is 23.2 Å². The number of ether oxygens (including phenoxy) is 1. The number of carbonyl (C=O) groups is 1. The Morgan fingerprint density at radius 1 is 1.21 bits per heavy atom. The molecule has 0 saturated carbocycles. The zero-order chi connectivity index (χ0) is 19.7. The van der Waals surface area contributed by atoms with Crippen molar-refractivity contribution in [2.75, 3.05) is 39.3 Å². The molecular formula is C21H30N5O2+. The van der Waals surface area contributed by atoms with Crippen LogP contribution >= 0.6 is 0 Å². The first-order chi connectivity index (χ1) is 13.5. The quantitative estimate of drug-likeness (QED) is 0.843. The number of hydrogen-bond donors (Lipinski definition) is 1. The molecule has 3 heterocycles. The van der Waals surface area contributed by atoms with Crippen molar-refractivity contribution in [3.05, 3.63) is 40.7 Å². The van der Waals surface area contributed by atoms with Crippen LogP contribution in [0.4, 0.5) is 0 Å². The van der Waals surface area contributed by atoms with Crippen molar-refractivity contribution in [3.8, 4) is 5.69 Å². The van der Waals surface area contributed by atoms with Gasteiger partial charge in [0.1, 0.15) is 12.6 Å². The predicted octanol–water partition coefficient (Wildman–Crippen LogP) is 0.712. The molecule has 150 valence electrons. The number of hydrogen-bond acceptors (Lipinski definition) is 4. The Morgan fingerprint density at radius 3 is 2.68 bits per heavy atom. The maximum absolute atomic E-state index is 13.0. The molecule has 2 aliphatic rings. The van der Waals surface area contributed by atoms with Gasteiger partial charge in [-0.05, 0) is 45.2 Å². The third-order valence-corrected chi connectivity index (χ3v) is 5.85. The molecule has 1 atom stereocenters. The molecule has 1 N–H and O–H groups in total. The average molecular weight is 385 g/mol. The second kappa shape index (κ2) is 8.01. The summed E-state index contributed by atoms with van der Waals surface area (Å²) in [7, 11) is 0. The molecule has 0 aliphatic carbocycles. The van der Waals surface area contributed by atoms with Crippen molar-refractivity contribution >= 4 is 5.91 Å². The van der Waals surface area contributed by atoms with Gasteiger partial charge >= 0.3 is 0 Å². The van der Waals surface area contributed by atoms with Crippen LogP contribution in [0.15, 0.2) is 18.2 Å². The number of benzene rings is 1. The SMILES string of the molecule is Cc1ccc(-n2nc(C)c(C(=O)N3CC[NH+](C[C@@H]4CCCO4)CC3)n2)c(C)c1. The fourth-order valence-electron chi connectivity index (χ4n) is 4.22. The normalized spacial score (nSPS) is 20.7. The van der Waals surface area contributed by atoms with Crippen molar-refractivity contribution < 1.29 is 14.4 Å². The van der Waals surface area contributed by atoms with Crippen LogP contribution in [0.1, 0.15) is 40.2 Å². The molecule has 1 aromatic carbocycles. The van der Waals surface area contributed by atoms with Gasteiger partial charge in [0.15, 0.2) is 5.69 Å². The lowest BCUT2D eigenvalue weighted by Crippen LogP contribution is -3.15. The Balaban J connectivity index is 1.42. The first kappa shape index (κ1) is 19.1. The fraction of sp³-hybridized carbons (Fsp3) is 0.571. The lowest BCUT2D eigenvalue weighted by Gasteiger charge is -2.32. The second-order valence-corrected chi connectivity index (χ2v) is 8.09. The number of aromatic nitrogens is 3. The van der Waals surface area contributed by atoms with Crippen LogP contribution in [0, 0.1) is 20.8 Å². The van der Waals surface area contributed by atoms with Crippen molar-refractivity contribution in [2.24, 2.45) is 0 Å². The van der Waals surface area contributed by atoms with Crippen LogP contribution < -0.4 is 4.90 Å². The van der Waals surface area contributed by atoms with Crippen LogP contribution in [0.3, 0.4) is 0 Å². The number of rotatable bonds is 4. The minimum absolute atomic E-state index is 0.00955. The fourth-order valence-corrected chi connectivity index (χ4v) is 4.22. The summed E-state index contributed by atoms with van der Waals surface area (Å²) in [6.45, 7) is 11.4. The Labute approximate surface area is 166 Å². The number of nitrogens with zero attached hydrogens (tertiary/aromatic N) is 4. The molecule has 2 fully saturated rings. The van der Waals surface area contributed by atoms with Gasteiger partial charge in [-0.2, -0.15) is 9.90 Å². The molecule has 7 heteroatoms. The molecule has 2 saturated heterocycles. The van der Waals surface area contributed by atoms with E-state index >= 15 is 0 Å². The summed E-state index contributed by atoms with van der Waals surface area (Å²) in [6.07, 6.45) is 2.75. The molecule has 2 aromatic rings. The number of piperazine rings is 1. The monoisotopic (exact) mass is 384 g/mol. The maximum atomic E-state index is 13.0. The molecule has 28 heavy (non-hydrogen) atoms. The lowest BCUT2D eigenvalue weighted by molar-refractivity contribution is -0.906. The van der Waals surface area contributed by atoms with Crippen LogP contribution in [0.5, 0.6) is 0 Å². The summed E-state index contributed by atoms with van der Waals surface area (Å²) in [5, 5.41) is 9.04. The third-order valence-electron chi connectivity index (χ3n) is 5.85. The predicted molar refractivity (Wildman–Crippen MR) is 106 cm³/mol. The van der Waals surface area contributed by atoms with Crippen molar-refractivity contribution in [2.45, 2.75) is 39.7 Å². The van der Waals surface area contributed by atoms with Crippen LogP contribution in [-0.4, -0.2) is 71.2 Å². The molecule has 4 rings (SSSR count). The summed E-state index contributed by atoms with van der Waals surface area (Å²) in [5.41, 5.74) is 4.35. The van der Waals surface area contributed by atoms with E-state index in [1.54, 1.807) is 4.80 Å². The van der Waals surface area contributed by atoms with Gasteiger partial charge in [-0.3, -0.25) is 4.79 Å². The summed E-state index contributed by atoms with van der Waals surface area (Å²) in [6, 6.07) is 6.15. The maximum Gasteiger partial charge on any atom is 0.276 e.